The van der Waals surface area contributed by atoms with Gasteiger partial charge in [-0.3, -0.25) is 15.0 Å². The second-order valence-corrected chi connectivity index (χ2v) is 4.38. The van der Waals surface area contributed by atoms with Crippen LogP contribution < -0.4 is 16.7 Å². The summed E-state index contributed by atoms with van der Waals surface area (Å²) in [6, 6.07) is 9.21. The van der Waals surface area contributed by atoms with Crippen LogP contribution in [0.2, 0.25) is 0 Å². The molecule has 0 radical (unpaired) electrons. The van der Waals surface area contributed by atoms with E-state index < -0.39 is 5.91 Å². The van der Waals surface area contributed by atoms with Gasteiger partial charge in [0.1, 0.15) is 5.56 Å². The molecule has 2 aromatic rings. The number of benzene rings is 1. The van der Waals surface area contributed by atoms with Gasteiger partial charge in [0.2, 0.25) is 0 Å². The van der Waals surface area contributed by atoms with Gasteiger partial charge in [0.05, 0.1) is 0 Å². The molecular weight excluding hydrogens is 242 g/mol. The fourth-order valence-electron chi connectivity index (χ4n) is 1.94. The lowest BCUT2D eigenvalue weighted by Gasteiger charge is -2.12. The van der Waals surface area contributed by atoms with E-state index in [1.165, 1.54) is 12.3 Å². The number of hydrogen-bond acceptors (Lipinski definition) is 3. The van der Waals surface area contributed by atoms with Crippen LogP contribution in [0.1, 0.15) is 21.6 Å². The molecule has 98 valence electrons. The van der Waals surface area contributed by atoms with E-state index in [9.17, 15) is 9.59 Å². The van der Waals surface area contributed by atoms with Crippen molar-refractivity contribution >= 4 is 5.91 Å². The number of pyridine rings is 1. The Morgan fingerprint density at radius 1 is 1.26 bits per heavy atom. The van der Waals surface area contributed by atoms with Crippen molar-refractivity contribution in [3.05, 3.63) is 63.6 Å². The van der Waals surface area contributed by atoms with Gasteiger partial charge < -0.3 is 4.57 Å². The standard InChI is InChI=1S/C14H15N3O2/c1-9-4-3-5-11(6-9)17-8-12(14(19)16-15)13(18)7-10(17)2/h3-8H,15H2,1-2H3,(H,16,19). The van der Waals surface area contributed by atoms with Gasteiger partial charge in [0.15, 0.2) is 5.43 Å². The van der Waals surface area contributed by atoms with E-state index in [-0.39, 0.29) is 11.0 Å². The molecule has 0 saturated carbocycles. The smallest absolute Gasteiger partial charge is 0.270 e. The van der Waals surface area contributed by atoms with Crippen LogP contribution >= 0.6 is 0 Å². The highest BCUT2D eigenvalue weighted by atomic mass is 16.2. The molecule has 0 bridgehead atoms. The minimum atomic E-state index is -0.591. The number of aryl methyl sites for hydroxylation is 2. The lowest BCUT2D eigenvalue weighted by Crippen LogP contribution is -2.34. The summed E-state index contributed by atoms with van der Waals surface area (Å²) in [5.41, 5.74) is 4.40. The summed E-state index contributed by atoms with van der Waals surface area (Å²) in [4.78, 5) is 23.3. The summed E-state index contributed by atoms with van der Waals surface area (Å²) in [5, 5.41) is 0. The first kappa shape index (κ1) is 13.0. The van der Waals surface area contributed by atoms with Crippen LogP contribution in [0.25, 0.3) is 5.69 Å². The summed E-state index contributed by atoms with van der Waals surface area (Å²) < 4.78 is 1.79. The number of nitrogens with one attached hydrogen (secondary N) is 1. The largest absolute Gasteiger partial charge is 0.320 e. The number of nitrogen functional groups attached to an aromatic ring is 1. The first-order chi connectivity index (χ1) is 9.02. The Balaban J connectivity index is 2.64. The van der Waals surface area contributed by atoms with E-state index in [4.69, 9.17) is 5.84 Å². The van der Waals surface area contributed by atoms with E-state index in [1.807, 2.05) is 43.5 Å². The first-order valence-electron chi connectivity index (χ1n) is 5.84. The van der Waals surface area contributed by atoms with Crippen LogP contribution in [-0.4, -0.2) is 10.5 Å². The van der Waals surface area contributed by atoms with Crippen molar-refractivity contribution in [2.24, 2.45) is 5.84 Å². The second kappa shape index (κ2) is 5.07. The van der Waals surface area contributed by atoms with Crippen molar-refractivity contribution < 1.29 is 4.79 Å². The Morgan fingerprint density at radius 2 is 2.00 bits per heavy atom. The van der Waals surface area contributed by atoms with E-state index in [0.29, 0.717) is 0 Å². The molecule has 0 fully saturated rings. The van der Waals surface area contributed by atoms with Gasteiger partial charge in [-0.25, -0.2) is 5.84 Å². The third-order valence-electron chi connectivity index (χ3n) is 2.90. The van der Waals surface area contributed by atoms with Crippen LogP contribution in [0, 0.1) is 13.8 Å². The Bertz CT molecular complexity index is 689. The summed E-state index contributed by atoms with van der Waals surface area (Å²) in [6.45, 7) is 3.79. The molecule has 0 aliphatic rings. The molecule has 2 rings (SSSR count). The lowest BCUT2D eigenvalue weighted by molar-refractivity contribution is 0.0952. The molecule has 1 amide bonds. The minimum absolute atomic E-state index is 0.0228. The molecule has 0 unspecified atom stereocenters. The Morgan fingerprint density at radius 3 is 2.63 bits per heavy atom. The number of carbonyl (C=O) groups excluding carboxylic acids is 1. The number of hydrazine groups is 1. The molecule has 0 aliphatic heterocycles. The highest BCUT2D eigenvalue weighted by molar-refractivity contribution is 5.93. The molecule has 5 nitrogen and oxygen atoms in total. The first-order valence-corrected chi connectivity index (χ1v) is 5.84. The third-order valence-corrected chi connectivity index (χ3v) is 2.90. The summed E-state index contributed by atoms with van der Waals surface area (Å²) >= 11 is 0. The Hall–Kier alpha value is -2.40. The maximum Gasteiger partial charge on any atom is 0.270 e. The van der Waals surface area contributed by atoms with Crippen molar-refractivity contribution in [3.63, 3.8) is 0 Å². The zero-order chi connectivity index (χ0) is 14.0. The van der Waals surface area contributed by atoms with Crippen LogP contribution in [0.3, 0.4) is 0 Å². The molecule has 0 atom stereocenters. The fraction of sp³-hybridized carbons (Fsp3) is 0.143. The predicted octanol–water partition coefficient (Wildman–Crippen LogP) is 1.06. The van der Waals surface area contributed by atoms with Crippen LogP contribution in [0.5, 0.6) is 0 Å². The normalized spacial score (nSPS) is 10.3. The van der Waals surface area contributed by atoms with Crippen molar-refractivity contribution in [1.29, 1.82) is 0 Å². The molecule has 5 heteroatoms. The average Bonchev–Trinajstić information content (AvgIpc) is 2.38. The number of aromatic nitrogens is 1. The van der Waals surface area contributed by atoms with Crippen molar-refractivity contribution in [2.75, 3.05) is 0 Å². The lowest BCUT2D eigenvalue weighted by atomic mass is 10.2. The minimum Gasteiger partial charge on any atom is -0.320 e. The summed E-state index contributed by atoms with van der Waals surface area (Å²) in [6.07, 6.45) is 1.51. The maximum absolute atomic E-state index is 11.8. The molecule has 1 heterocycles. The SMILES string of the molecule is Cc1cccc(-n2cc(C(=O)NN)c(=O)cc2C)c1. The van der Waals surface area contributed by atoms with Gasteiger partial charge in [0, 0.05) is 23.6 Å². The molecule has 3 N–H and O–H groups in total. The molecule has 1 aromatic heterocycles. The molecule has 1 aromatic carbocycles. The molecule has 0 spiro atoms. The molecule has 0 aliphatic carbocycles. The Labute approximate surface area is 110 Å². The Kier molecular flexibility index (Phi) is 3.48. The predicted molar refractivity (Wildman–Crippen MR) is 73.2 cm³/mol. The van der Waals surface area contributed by atoms with Gasteiger partial charge in [-0.2, -0.15) is 0 Å². The van der Waals surface area contributed by atoms with E-state index in [0.717, 1.165) is 16.9 Å². The van der Waals surface area contributed by atoms with E-state index in [1.54, 1.807) is 4.57 Å². The molecular formula is C14H15N3O2. The summed E-state index contributed by atoms with van der Waals surface area (Å²) in [7, 11) is 0. The highest BCUT2D eigenvalue weighted by Crippen LogP contribution is 2.12. The fourth-order valence-corrected chi connectivity index (χ4v) is 1.94. The second-order valence-electron chi connectivity index (χ2n) is 4.38. The quantitative estimate of drug-likeness (QED) is 0.480. The van der Waals surface area contributed by atoms with Gasteiger partial charge >= 0.3 is 0 Å². The van der Waals surface area contributed by atoms with E-state index >= 15 is 0 Å². The number of rotatable bonds is 2. The zero-order valence-corrected chi connectivity index (χ0v) is 10.8. The van der Waals surface area contributed by atoms with Gasteiger partial charge in [-0.15, -0.1) is 0 Å². The number of carbonyl (C=O) groups is 1. The molecule has 19 heavy (non-hydrogen) atoms. The number of nitrogens with zero attached hydrogens (tertiary/aromatic N) is 1. The van der Waals surface area contributed by atoms with Crippen molar-refractivity contribution in [2.45, 2.75) is 13.8 Å². The number of hydrogen-bond donors (Lipinski definition) is 2. The topological polar surface area (TPSA) is 77.1 Å². The van der Waals surface area contributed by atoms with E-state index in [2.05, 4.69) is 0 Å². The van der Waals surface area contributed by atoms with Crippen LogP contribution in [0.4, 0.5) is 0 Å². The van der Waals surface area contributed by atoms with Gasteiger partial charge in [-0.1, -0.05) is 12.1 Å². The van der Waals surface area contributed by atoms with Gasteiger partial charge in [0.25, 0.3) is 5.91 Å². The summed E-state index contributed by atoms with van der Waals surface area (Å²) in [5.74, 6) is 4.48. The monoisotopic (exact) mass is 257 g/mol. The third kappa shape index (κ3) is 2.56. The van der Waals surface area contributed by atoms with Crippen molar-refractivity contribution in [1.82, 2.24) is 9.99 Å². The maximum atomic E-state index is 11.8. The van der Waals surface area contributed by atoms with Crippen LogP contribution in [0.15, 0.2) is 41.3 Å². The highest BCUT2D eigenvalue weighted by Gasteiger charge is 2.11. The van der Waals surface area contributed by atoms with Crippen molar-refractivity contribution in [3.8, 4) is 5.69 Å². The molecule has 0 saturated heterocycles. The van der Waals surface area contributed by atoms with Gasteiger partial charge in [-0.05, 0) is 31.5 Å². The van der Waals surface area contributed by atoms with Crippen LogP contribution in [-0.2, 0) is 0 Å². The number of nitrogens with two attached hydrogens (primary N) is 1. The zero-order valence-electron chi connectivity index (χ0n) is 10.8. The number of amides is 1. The average molecular weight is 257 g/mol.